The first-order valence-electron chi connectivity index (χ1n) is 6.97. The minimum atomic E-state index is -0.268. The molecule has 1 heterocycles. The Morgan fingerprint density at radius 1 is 1.24 bits per heavy atom. The summed E-state index contributed by atoms with van der Waals surface area (Å²) in [5, 5.41) is 6.94. The highest BCUT2D eigenvalue weighted by Gasteiger charge is 2.12. The van der Waals surface area contributed by atoms with Crippen LogP contribution in [0.2, 0.25) is 0 Å². The maximum absolute atomic E-state index is 12.8. The Labute approximate surface area is 128 Å². The normalized spacial score (nSPS) is 10.4. The number of halogens is 1. The van der Waals surface area contributed by atoms with Gasteiger partial charge in [0.05, 0.1) is 0 Å². The fourth-order valence-corrected chi connectivity index (χ4v) is 2.68. The molecule has 2 rings (SSSR count). The van der Waals surface area contributed by atoms with Crippen LogP contribution < -0.4 is 5.32 Å². The SMILES string of the molecule is CCCN(Cc1ccsc1)C(=O)NCc1ccc(F)cc1. The van der Waals surface area contributed by atoms with Gasteiger partial charge in [-0.05, 0) is 46.5 Å². The second-order valence-electron chi connectivity index (χ2n) is 4.84. The summed E-state index contributed by atoms with van der Waals surface area (Å²) in [6, 6.07) is 8.10. The third-order valence-corrected chi connectivity index (χ3v) is 3.82. The third-order valence-electron chi connectivity index (χ3n) is 3.09. The van der Waals surface area contributed by atoms with Gasteiger partial charge in [0.15, 0.2) is 0 Å². The van der Waals surface area contributed by atoms with E-state index in [4.69, 9.17) is 0 Å². The van der Waals surface area contributed by atoms with Crippen molar-refractivity contribution >= 4 is 17.4 Å². The van der Waals surface area contributed by atoms with Gasteiger partial charge >= 0.3 is 6.03 Å². The van der Waals surface area contributed by atoms with Crippen LogP contribution >= 0.6 is 11.3 Å². The lowest BCUT2D eigenvalue weighted by Gasteiger charge is -2.22. The Morgan fingerprint density at radius 2 is 2.00 bits per heavy atom. The number of rotatable bonds is 6. The summed E-state index contributed by atoms with van der Waals surface area (Å²) in [6.45, 7) is 3.79. The number of urea groups is 1. The Hall–Kier alpha value is -1.88. The van der Waals surface area contributed by atoms with Crippen molar-refractivity contribution in [3.63, 3.8) is 0 Å². The second kappa shape index (κ2) is 7.78. The molecular formula is C16H19FN2OS. The van der Waals surface area contributed by atoms with Crippen molar-refractivity contribution in [2.45, 2.75) is 26.4 Å². The molecule has 0 fully saturated rings. The van der Waals surface area contributed by atoms with Crippen LogP contribution in [0.4, 0.5) is 9.18 Å². The monoisotopic (exact) mass is 306 g/mol. The van der Waals surface area contributed by atoms with E-state index in [1.807, 2.05) is 18.4 Å². The Balaban J connectivity index is 1.90. The van der Waals surface area contributed by atoms with Crippen LogP contribution in [-0.4, -0.2) is 17.5 Å². The molecule has 0 aliphatic rings. The molecule has 1 N–H and O–H groups in total. The molecule has 0 aliphatic heterocycles. The number of benzene rings is 1. The molecule has 0 aliphatic carbocycles. The van der Waals surface area contributed by atoms with Gasteiger partial charge in [0.25, 0.3) is 0 Å². The van der Waals surface area contributed by atoms with Gasteiger partial charge < -0.3 is 10.2 Å². The number of carbonyl (C=O) groups is 1. The van der Waals surface area contributed by atoms with E-state index in [-0.39, 0.29) is 11.8 Å². The van der Waals surface area contributed by atoms with E-state index in [2.05, 4.69) is 10.7 Å². The fourth-order valence-electron chi connectivity index (χ4n) is 2.02. The molecule has 0 saturated carbocycles. The van der Waals surface area contributed by atoms with E-state index in [0.717, 1.165) is 17.5 Å². The van der Waals surface area contributed by atoms with Crippen LogP contribution in [0.1, 0.15) is 24.5 Å². The lowest BCUT2D eigenvalue weighted by atomic mass is 10.2. The van der Waals surface area contributed by atoms with Crippen molar-refractivity contribution in [1.82, 2.24) is 10.2 Å². The molecule has 1 aromatic carbocycles. The van der Waals surface area contributed by atoms with Crippen LogP contribution in [0.5, 0.6) is 0 Å². The molecule has 1 aromatic heterocycles. The maximum Gasteiger partial charge on any atom is 0.317 e. The van der Waals surface area contributed by atoms with E-state index in [1.165, 1.54) is 12.1 Å². The smallest absolute Gasteiger partial charge is 0.317 e. The minimum Gasteiger partial charge on any atom is -0.334 e. The largest absolute Gasteiger partial charge is 0.334 e. The fraction of sp³-hybridized carbons (Fsp3) is 0.312. The van der Waals surface area contributed by atoms with Crippen LogP contribution in [0, 0.1) is 5.82 Å². The van der Waals surface area contributed by atoms with Gasteiger partial charge in [-0.25, -0.2) is 9.18 Å². The van der Waals surface area contributed by atoms with Gasteiger partial charge in [-0.2, -0.15) is 11.3 Å². The van der Waals surface area contributed by atoms with E-state index in [9.17, 15) is 9.18 Å². The number of carbonyl (C=O) groups excluding carboxylic acids is 1. The van der Waals surface area contributed by atoms with E-state index < -0.39 is 0 Å². The molecule has 2 aromatic rings. The van der Waals surface area contributed by atoms with Crippen molar-refractivity contribution in [2.24, 2.45) is 0 Å². The Kier molecular flexibility index (Phi) is 5.75. The highest BCUT2D eigenvalue weighted by molar-refractivity contribution is 7.07. The number of thiophene rings is 1. The molecule has 5 heteroatoms. The van der Waals surface area contributed by atoms with E-state index in [0.29, 0.717) is 19.6 Å². The Bertz CT molecular complexity index is 554. The van der Waals surface area contributed by atoms with Gasteiger partial charge in [-0.1, -0.05) is 19.1 Å². The zero-order valence-electron chi connectivity index (χ0n) is 12.0. The van der Waals surface area contributed by atoms with Crippen molar-refractivity contribution in [3.8, 4) is 0 Å². The zero-order valence-corrected chi connectivity index (χ0v) is 12.8. The van der Waals surface area contributed by atoms with Gasteiger partial charge in [-0.3, -0.25) is 0 Å². The highest BCUT2D eigenvalue weighted by atomic mass is 32.1. The molecule has 0 atom stereocenters. The van der Waals surface area contributed by atoms with Crippen LogP contribution in [0.25, 0.3) is 0 Å². The summed E-state index contributed by atoms with van der Waals surface area (Å²) in [4.78, 5) is 14.0. The predicted octanol–water partition coefficient (Wildman–Crippen LogP) is 4.01. The van der Waals surface area contributed by atoms with Gasteiger partial charge in [0.1, 0.15) is 5.82 Å². The lowest BCUT2D eigenvalue weighted by molar-refractivity contribution is 0.194. The first-order chi connectivity index (χ1) is 10.2. The number of nitrogens with zero attached hydrogens (tertiary/aromatic N) is 1. The van der Waals surface area contributed by atoms with Crippen molar-refractivity contribution in [2.75, 3.05) is 6.54 Å². The maximum atomic E-state index is 12.8. The topological polar surface area (TPSA) is 32.3 Å². The summed E-state index contributed by atoms with van der Waals surface area (Å²) in [5.41, 5.74) is 2.03. The van der Waals surface area contributed by atoms with Crippen molar-refractivity contribution in [1.29, 1.82) is 0 Å². The number of nitrogens with one attached hydrogen (secondary N) is 1. The van der Waals surface area contributed by atoms with Crippen LogP contribution in [0.3, 0.4) is 0 Å². The first-order valence-corrected chi connectivity index (χ1v) is 7.91. The molecule has 0 spiro atoms. The standard InChI is InChI=1S/C16H19FN2OS/c1-2-8-19(11-14-7-9-21-12-14)16(20)18-10-13-3-5-15(17)6-4-13/h3-7,9,12H,2,8,10-11H2,1H3,(H,18,20). The molecule has 2 amide bonds. The molecule has 3 nitrogen and oxygen atoms in total. The summed E-state index contributed by atoms with van der Waals surface area (Å²) >= 11 is 1.63. The van der Waals surface area contributed by atoms with Crippen molar-refractivity contribution in [3.05, 3.63) is 58.0 Å². The molecule has 0 bridgehead atoms. The molecule has 0 saturated heterocycles. The van der Waals surface area contributed by atoms with Gasteiger partial charge in [0, 0.05) is 19.6 Å². The van der Waals surface area contributed by atoms with Gasteiger partial charge in [-0.15, -0.1) is 0 Å². The molecule has 0 unspecified atom stereocenters. The average molecular weight is 306 g/mol. The molecular weight excluding hydrogens is 287 g/mol. The number of hydrogen-bond acceptors (Lipinski definition) is 2. The van der Waals surface area contributed by atoms with Gasteiger partial charge in [0.2, 0.25) is 0 Å². The summed E-state index contributed by atoms with van der Waals surface area (Å²) in [7, 11) is 0. The van der Waals surface area contributed by atoms with E-state index in [1.54, 1.807) is 28.4 Å². The second-order valence-corrected chi connectivity index (χ2v) is 5.62. The molecule has 0 radical (unpaired) electrons. The summed E-state index contributed by atoms with van der Waals surface area (Å²) in [6.07, 6.45) is 0.911. The summed E-state index contributed by atoms with van der Waals surface area (Å²) < 4.78 is 12.8. The van der Waals surface area contributed by atoms with Crippen LogP contribution in [-0.2, 0) is 13.1 Å². The lowest BCUT2D eigenvalue weighted by Crippen LogP contribution is -2.39. The number of amides is 2. The predicted molar refractivity (Wildman–Crippen MR) is 83.7 cm³/mol. The van der Waals surface area contributed by atoms with E-state index >= 15 is 0 Å². The van der Waals surface area contributed by atoms with Crippen molar-refractivity contribution < 1.29 is 9.18 Å². The summed E-state index contributed by atoms with van der Waals surface area (Å²) in [5.74, 6) is -0.268. The zero-order chi connectivity index (χ0) is 15.1. The Morgan fingerprint density at radius 3 is 2.62 bits per heavy atom. The molecule has 21 heavy (non-hydrogen) atoms. The number of hydrogen-bond donors (Lipinski definition) is 1. The molecule has 112 valence electrons. The highest BCUT2D eigenvalue weighted by Crippen LogP contribution is 2.10. The first kappa shape index (κ1) is 15.5. The average Bonchev–Trinajstić information content (AvgIpc) is 2.99. The minimum absolute atomic E-state index is 0.0904. The quantitative estimate of drug-likeness (QED) is 0.859. The third kappa shape index (κ3) is 4.86. The van der Waals surface area contributed by atoms with Crippen LogP contribution in [0.15, 0.2) is 41.1 Å².